The Bertz CT molecular complexity index is 829. The van der Waals surface area contributed by atoms with Crippen LogP contribution in [-0.4, -0.2) is 21.1 Å². The number of hydrogen-bond acceptors (Lipinski definition) is 3. The summed E-state index contributed by atoms with van der Waals surface area (Å²) in [5.41, 5.74) is 3.49. The van der Waals surface area contributed by atoms with Gasteiger partial charge in [-0.1, -0.05) is 37.6 Å². The summed E-state index contributed by atoms with van der Waals surface area (Å²) < 4.78 is 33.4. The van der Waals surface area contributed by atoms with Crippen molar-refractivity contribution in [2.24, 2.45) is 0 Å². The largest absolute Gasteiger partial charge is 0.493 e. The molecule has 3 rings (SSSR count). The van der Waals surface area contributed by atoms with Crippen molar-refractivity contribution in [1.29, 1.82) is 0 Å². The molecule has 2 aromatic carbocycles. The number of aryl methyl sites for hydroxylation is 1. The summed E-state index contributed by atoms with van der Waals surface area (Å²) in [4.78, 5) is 0.321. The Morgan fingerprint density at radius 2 is 1.84 bits per heavy atom. The number of hydrogen-bond donors (Lipinski definition) is 1. The minimum absolute atomic E-state index is 0.180. The van der Waals surface area contributed by atoms with Gasteiger partial charge in [0.2, 0.25) is 10.0 Å². The van der Waals surface area contributed by atoms with E-state index < -0.39 is 10.0 Å². The van der Waals surface area contributed by atoms with Gasteiger partial charge in [-0.15, -0.1) is 0 Å². The molecule has 2 aromatic rings. The highest BCUT2D eigenvalue weighted by molar-refractivity contribution is 7.89. The van der Waals surface area contributed by atoms with Crippen molar-refractivity contribution in [3.05, 3.63) is 59.2 Å². The second-order valence-corrected chi connectivity index (χ2v) is 8.37. The normalized spacial score (nSPS) is 14.8. The van der Waals surface area contributed by atoms with Crippen LogP contribution in [-0.2, 0) is 29.3 Å². The number of fused-ring (bicyclic) bond motifs is 1. The van der Waals surface area contributed by atoms with Crippen molar-refractivity contribution < 1.29 is 13.2 Å². The molecule has 1 N–H and O–H groups in total. The lowest BCUT2D eigenvalue weighted by molar-refractivity contribution is 0.357. The topological polar surface area (TPSA) is 55.4 Å². The molecule has 0 aliphatic carbocycles. The molecule has 0 aromatic heterocycles. The fourth-order valence-electron chi connectivity index (χ4n) is 3.22. The van der Waals surface area contributed by atoms with Gasteiger partial charge in [-0.3, -0.25) is 0 Å². The zero-order chi connectivity index (χ0) is 17.9. The molecule has 0 bridgehead atoms. The molecule has 0 saturated carbocycles. The smallest absolute Gasteiger partial charge is 0.240 e. The number of nitrogens with one attached hydrogen (secondary N) is 1. The monoisotopic (exact) mass is 359 g/mol. The van der Waals surface area contributed by atoms with Crippen LogP contribution in [0.3, 0.4) is 0 Å². The highest BCUT2D eigenvalue weighted by Crippen LogP contribution is 2.26. The summed E-state index contributed by atoms with van der Waals surface area (Å²) in [5.74, 6) is 0.948. The first-order valence-electron chi connectivity index (χ1n) is 8.84. The molecule has 1 aliphatic heterocycles. The predicted octanol–water partition coefficient (Wildman–Crippen LogP) is 3.48. The van der Waals surface area contributed by atoms with E-state index in [0.717, 1.165) is 42.7 Å². The van der Waals surface area contributed by atoms with Crippen LogP contribution in [0.15, 0.2) is 47.4 Å². The Balaban J connectivity index is 1.65. The second-order valence-electron chi connectivity index (χ2n) is 6.66. The van der Waals surface area contributed by atoms with Crippen LogP contribution in [0, 0.1) is 0 Å². The molecule has 0 fully saturated rings. The molecule has 0 radical (unpaired) electrons. The molecule has 1 atom stereocenters. The summed E-state index contributed by atoms with van der Waals surface area (Å²) in [7, 11) is -3.50. The van der Waals surface area contributed by atoms with E-state index in [1.54, 1.807) is 12.1 Å². The zero-order valence-corrected chi connectivity index (χ0v) is 15.6. The lowest BCUT2D eigenvalue weighted by Gasteiger charge is -2.15. The maximum Gasteiger partial charge on any atom is 0.240 e. The van der Waals surface area contributed by atoms with Gasteiger partial charge in [0.1, 0.15) is 5.75 Å². The SMILES string of the molecule is CCCc1ccc(S(=O)(=O)NC(C)Cc2ccc3c(c2)CCO3)cc1. The van der Waals surface area contributed by atoms with Crippen molar-refractivity contribution >= 4 is 10.0 Å². The van der Waals surface area contributed by atoms with Crippen LogP contribution in [0.5, 0.6) is 5.75 Å². The lowest BCUT2D eigenvalue weighted by Crippen LogP contribution is -2.34. The third-order valence-corrected chi connectivity index (χ3v) is 6.03. The molecule has 1 heterocycles. The third kappa shape index (κ3) is 4.41. The van der Waals surface area contributed by atoms with Gasteiger partial charge in [0.05, 0.1) is 11.5 Å². The first-order chi connectivity index (χ1) is 12.0. The van der Waals surface area contributed by atoms with Crippen molar-refractivity contribution in [3.8, 4) is 5.75 Å². The number of rotatable bonds is 7. The Hall–Kier alpha value is -1.85. The molecular weight excluding hydrogens is 334 g/mol. The van der Waals surface area contributed by atoms with Crippen molar-refractivity contribution in [1.82, 2.24) is 4.72 Å². The quantitative estimate of drug-likeness (QED) is 0.823. The molecule has 1 unspecified atom stereocenters. The summed E-state index contributed by atoms with van der Waals surface area (Å²) in [6, 6.07) is 13.1. The maximum absolute atomic E-state index is 12.6. The van der Waals surface area contributed by atoms with E-state index in [1.165, 1.54) is 5.56 Å². The zero-order valence-electron chi connectivity index (χ0n) is 14.8. The van der Waals surface area contributed by atoms with Gasteiger partial charge >= 0.3 is 0 Å². The Morgan fingerprint density at radius 1 is 1.12 bits per heavy atom. The van der Waals surface area contributed by atoms with E-state index in [-0.39, 0.29) is 6.04 Å². The molecule has 25 heavy (non-hydrogen) atoms. The van der Waals surface area contributed by atoms with Gasteiger partial charge in [0.25, 0.3) is 0 Å². The molecule has 0 spiro atoms. The van der Waals surface area contributed by atoms with Gasteiger partial charge < -0.3 is 4.74 Å². The van der Waals surface area contributed by atoms with E-state index in [2.05, 4.69) is 17.7 Å². The number of ether oxygens (including phenoxy) is 1. The predicted molar refractivity (Wildman–Crippen MR) is 99.6 cm³/mol. The molecule has 1 aliphatic rings. The van der Waals surface area contributed by atoms with Crippen molar-refractivity contribution in [3.63, 3.8) is 0 Å². The van der Waals surface area contributed by atoms with E-state index in [1.807, 2.05) is 31.2 Å². The lowest BCUT2D eigenvalue weighted by atomic mass is 10.0. The molecular formula is C20H25NO3S. The molecule has 134 valence electrons. The van der Waals surface area contributed by atoms with Crippen LogP contribution >= 0.6 is 0 Å². The fraction of sp³-hybridized carbons (Fsp3) is 0.400. The highest BCUT2D eigenvalue weighted by Gasteiger charge is 2.18. The minimum atomic E-state index is -3.50. The first-order valence-corrected chi connectivity index (χ1v) is 10.3. The van der Waals surface area contributed by atoms with Crippen LogP contribution < -0.4 is 9.46 Å². The van der Waals surface area contributed by atoms with E-state index in [9.17, 15) is 8.42 Å². The molecule has 0 amide bonds. The van der Waals surface area contributed by atoms with Crippen LogP contribution in [0.4, 0.5) is 0 Å². The molecule has 4 nitrogen and oxygen atoms in total. The average Bonchev–Trinajstić information content (AvgIpc) is 3.03. The molecule has 0 saturated heterocycles. The highest BCUT2D eigenvalue weighted by atomic mass is 32.2. The maximum atomic E-state index is 12.6. The van der Waals surface area contributed by atoms with E-state index >= 15 is 0 Å². The Morgan fingerprint density at radius 3 is 2.56 bits per heavy atom. The van der Waals surface area contributed by atoms with Gasteiger partial charge in [0.15, 0.2) is 0 Å². The summed E-state index contributed by atoms with van der Waals surface area (Å²) in [6.45, 7) is 4.74. The molecule has 5 heteroatoms. The Labute approximate surface area is 150 Å². The first kappa shape index (κ1) is 18.0. The summed E-state index contributed by atoms with van der Waals surface area (Å²) in [6.07, 6.45) is 3.59. The standard InChI is InChI=1S/C20H25NO3S/c1-3-4-16-5-8-19(9-6-16)25(22,23)21-15(2)13-17-7-10-20-18(14-17)11-12-24-20/h5-10,14-15,21H,3-4,11-13H2,1-2H3. The number of sulfonamides is 1. The Kier molecular flexibility index (Phi) is 5.45. The van der Waals surface area contributed by atoms with Crippen LogP contribution in [0.25, 0.3) is 0 Å². The van der Waals surface area contributed by atoms with Crippen LogP contribution in [0.2, 0.25) is 0 Å². The van der Waals surface area contributed by atoms with Gasteiger partial charge in [-0.2, -0.15) is 0 Å². The van der Waals surface area contributed by atoms with E-state index in [4.69, 9.17) is 4.74 Å². The summed E-state index contributed by atoms with van der Waals surface area (Å²) >= 11 is 0. The van der Waals surface area contributed by atoms with Crippen molar-refractivity contribution in [2.75, 3.05) is 6.61 Å². The number of benzene rings is 2. The minimum Gasteiger partial charge on any atom is -0.493 e. The van der Waals surface area contributed by atoms with Gasteiger partial charge in [-0.25, -0.2) is 13.1 Å². The van der Waals surface area contributed by atoms with Gasteiger partial charge in [0, 0.05) is 12.5 Å². The second kappa shape index (κ2) is 7.58. The fourth-order valence-corrected chi connectivity index (χ4v) is 4.46. The third-order valence-electron chi connectivity index (χ3n) is 4.42. The summed E-state index contributed by atoms with van der Waals surface area (Å²) in [5, 5.41) is 0. The van der Waals surface area contributed by atoms with Gasteiger partial charge in [-0.05, 0) is 54.7 Å². The van der Waals surface area contributed by atoms with Crippen molar-refractivity contribution in [2.45, 2.75) is 50.5 Å². The average molecular weight is 359 g/mol. The van der Waals surface area contributed by atoms with E-state index in [0.29, 0.717) is 11.3 Å². The van der Waals surface area contributed by atoms with Crippen LogP contribution in [0.1, 0.15) is 37.0 Å².